The number of nitriles is 1. The van der Waals surface area contributed by atoms with Crippen LogP contribution in [-0.4, -0.2) is 0 Å². The highest BCUT2D eigenvalue weighted by atomic mass is 79.9. The Morgan fingerprint density at radius 2 is 1.95 bits per heavy atom. The lowest BCUT2D eigenvalue weighted by atomic mass is 10.2. The van der Waals surface area contributed by atoms with Gasteiger partial charge in [0.2, 0.25) is 0 Å². The third-order valence-corrected chi connectivity index (χ3v) is 3.21. The third kappa shape index (κ3) is 3.30. The largest absolute Gasteiger partial charge is 0.489 e. The van der Waals surface area contributed by atoms with Crippen LogP contribution in [0.1, 0.15) is 11.1 Å². The standard InChI is InChI=1S/C14H8BrF2NO/c15-13-5-11(16)3-1-10(13)8-19-12-4-2-9(7-18)14(17)6-12/h1-6H,8H2. The van der Waals surface area contributed by atoms with Crippen LogP contribution in [0, 0.1) is 23.0 Å². The molecule has 0 N–H and O–H groups in total. The SMILES string of the molecule is N#Cc1ccc(OCc2ccc(F)cc2Br)cc1F. The van der Waals surface area contributed by atoms with Gasteiger partial charge in [0.15, 0.2) is 0 Å². The number of nitrogens with zero attached hydrogens (tertiary/aromatic N) is 1. The van der Waals surface area contributed by atoms with Crippen molar-refractivity contribution in [2.45, 2.75) is 6.61 Å². The van der Waals surface area contributed by atoms with Gasteiger partial charge in [-0.2, -0.15) is 5.26 Å². The fourth-order valence-electron chi connectivity index (χ4n) is 1.48. The van der Waals surface area contributed by atoms with Crippen molar-refractivity contribution >= 4 is 15.9 Å². The highest BCUT2D eigenvalue weighted by Gasteiger charge is 2.06. The molecule has 0 radical (unpaired) electrons. The van der Waals surface area contributed by atoms with E-state index in [4.69, 9.17) is 10.00 Å². The summed E-state index contributed by atoms with van der Waals surface area (Å²) in [5, 5.41) is 8.61. The first-order chi connectivity index (χ1) is 9.10. The average Bonchev–Trinajstić information content (AvgIpc) is 2.38. The number of hydrogen-bond donors (Lipinski definition) is 0. The zero-order valence-corrected chi connectivity index (χ0v) is 11.2. The van der Waals surface area contributed by atoms with Gasteiger partial charge >= 0.3 is 0 Å². The van der Waals surface area contributed by atoms with Crippen molar-refractivity contribution in [3.8, 4) is 11.8 Å². The zero-order chi connectivity index (χ0) is 13.8. The topological polar surface area (TPSA) is 33.0 Å². The summed E-state index contributed by atoms with van der Waals surface area (Å²) in [6.07, 6.45) is 0. The number of halogens is 3. The quantitative estimate of drug-likeness (QED) is 0.849. The Hall–Kier alpha value is -1.93. The Morgan fingerprint density at radius 1 is 1.16 bits per heavy atom. The maximum atomic E-state index is 13.3. The van der Waals surface area contributed by atoms with Gasteiger partial charge in [-0.25, -0.2) is 8.78 Å². The Labute approximate surface area is 117 Å². The van der Waals surface area contributed by atoms with E-state index in [0.29, 0.717) is 10.2 Å². The van der Waals surface area contributed by atoms with E-state index in [0.717, 1.165) is 11.6 Å². The lowest BCUT2D eigenvalue weighted by Gasteiger charge is -2.08. The van der Waals surface area contributed by atoms with E-state index < -0.39 is 5.82 Å². The van der Waals surface area contributed by atoms with Crippen LogP contribution in [0.4, 0.5) is 8.78 Å². The second-order valence-electron chi connectivity index (χ2n) is 3.78. The summed E-state index contributed by atoms with van der Waals surface area (Å²) in [5.74, 6) is -0.661. The summed E-state index contributed by atoms with van der Waals surface area (Å²) < 4.78 is 32.2. The van der Waals surface area contributed by atoms with E-state index in [1.807, 2.05) is 0 Å². The Morgan fingerprint density at radius 3 is 2.58 bits per heavy atom. The Balaban J connectivity index is 2.10. The minimum absolute atomic E-state index is 0.0321. The molecule has 2 rings (SSSR count). The molecule has 0 aliphatic heterocycles. The number of rotatable bonds is 3. The van der Waals surface area contributed by atoms with Crippen molar-refractivity contribution in [3.63, 3.8) is 0 Å². The highest BCUT2D eigenvalue weighted by molar-refractivity contribution is 9.10. The van der Waals surface area contributed by atoms with Gasteiger partial charge in [-0.15, -0.1) is 0 Å². The van der Waals surface area contributed by atoms with Gasteiger partial charge < -0.3 is 4.74 Å². The van der Waals surface area contributed by atoms with Gasteiger partial charge in [-0.3, -0.25) is 0 Å². The smallest absolute Gasteiger partial charge is 0.144 e. The van der Waals surface area contributed by atoms with E-state index in [1.165, 1.54) is 24.3 Å². The molecule has 0 aliphatic rings. The van der Waals surface area contributed by atoms with Gasteiger partial charge in [0.25, 0.3) is 0 Å². The maximum absolute atomic E-state index is 13.3. The molecule has 0 saturated heterocycles. The van der Waals surface area contributed by atoms with Gasteiger partial charge in [0.05, 0.1) is 5.56 Å². The van der Waals surface area contributed by atoms with Gasteiger partial charge in [-0.05, 0) is 24.3 Å². The summed E-state index contributed by atoms with van der Waals surface area (Å²) >= 11 is 3.22. The molecule has 96 valence electrons. The molecule has 0 unspecified atom stereocenters. The molecule has 0 aromatic heterocycles. The molecule has 0 bridgehead atoms. The zero-order valence-electron chi connectivity index (χ0n) is 9.66. The summed E-state index contributed by atoms with van der Waals surface area (Å²) in [6.45, 7) is 0.173. The molecule has 2 aromatic rings. The Bertz CT molecular complexity index is 652. The van der Waals surface area contributed by atoms with Gasteiger partial charge in [-0.1, -0.05) is 22.0 Å². The Kier molecular flexibility index (Phi) is 4.13. The third-order valence-electron chi connectivity index (χ3n) is 2.47. The van der Waals surface area contributed by atoms with E-state index in [1.54, 1.807) is 12.1 Å². The second kappa shape index (κ2) is 5.81. The normalized spacial score (nSPS) is 10.0. The maximum Gasteiger partial charge on any atom is 0.144 e. The highest BCUT2D eigenvalue weighted by Crippen LogP contribution is 2.21. The molecule has 2 aromatic carbocycles. The summed E-state index contributed by atoms with van der Waals surface area (Å²) in [6, 6.07) is 9.98. The van der Waals surface area contributed by atoms with Crippen molar-refractivity contribution in [3.05, 3.63) is 63.6 Å². The second-order valence-corrected chi connectivity index (χ2v) is 4.63. The van der Waals surface area contributed by atoms with E-state index in [-0.39, 0.29) is 18.0 Å². The minimum atomic E-state index is -0.627. The van der Waals surface area contributed by atoms with Crippen LogP contribution in [0.15, 0.2) is 40.9 Å². The molecule has 2 nitrogen and oxygen atoms in total. The summed E-state index contributed by atoms with van der Waals surface area (Å²) in [7, 11) is 0. The lowest BCUT2D eigenvalue weighted by molar-refractivity contribution is 0.303. The number of ether oxygens (including phenoxy) is 1. The van der Waals surface area contributed by atoms with Crippen molar-refractivity contribution in [2.24, 2.45) is 0 Å². The van der Waals surface area contributed by atoms with Crippen molar-refractivity contribution in [1.29, 1.82) is 5.26 Å². The molecule has 0 spiro atoms. The van der Waals surface area contributed by atoms with Crippen LogP contribution in [0.2, 0.25) is 0 Å². The fourth-order valence-corrected chi connectivity index (χ4v) is 1.94. The predicted molar refractivity (Wildman–Crippen MR) is 69.5 cm³/mol. The molecule has 19 heavy (non-hydrogen) atoms. The van der Waals surface area contributed by atoms with Crippen molar-refractivity contribution in [1.82, 2.24) is 0 Å². The molecule has 0 aliphatic carbocycles. The van der Waals surface area contributed by atoms with E-state index >= 15 is 0 Å². The first-order valence-electron chi connectivity index (χ1n) is 5.36. The van der Waals surface area contributed by atoms with Crippen LogP contribution in [-0.2, 0) is 6.61 Å². The molecule has 0 amide bonds. The molecule has 0 atom stereocenters. The number of hydrogen-bond acceptors (Lipinski definition) is 2. The average molecular weight is 324 g/mol. The van der Waals surface area contributed by atoms with Crippen LogP contribution >= 0.6 is 15.9 Å². The first kappa shape index (κ1) is 13.5. The molecular formula is C14H8BrF2NO. The lowest BCUT2D eigenvalue weighted by Crippen LogP contribution is -1.97. The van der Waals surface area contributed by atoms with Crippen LogP contribution in [0.25, 0.3) is 0 Å². The van der Waals surface area contributed by atoms with Crippen molar-refractivity contribution in [2.75, 3.05) is 0 Å². The monoisotopic (exact) mass is 323 g/mol. The molecule has 0 heterocycles. The minimum Gasteiger partial charge on any atom is -0.489 e. The van der Waals surface area contributed by atoms with Crippen LogP contribution in [0.3, 0.4) is 0 Å². The molecule has 0 fully saturated rings. The first-order valence-corrected chi connectivity index (χ1v) is 6.16. The molecule has 0 saturated carbocycles. The fraction of sp³-hybridized carbons (Fsp3) is 0.0714. The molecule has 5 heteroatoms. The van der Waals surface area contributed by atoms with E-state index in [2.05, 4.69) is 15.9 Å². The van der Waals surface area contributed by atoms with Gasteiger partial charge in [0, 0.05) is 16.1 Å². The number of benzene rings is 2. The predicted octanol–water partition coefficient (Wildman–Crippen LogP) is 4.18. The van der Waals surface area contributed by atoms with Crippen molar-refractivity contribution < 1.29 is 13.5 Å². The molecular weight excluding hydrogens is 316 g/mol. The summed E-state index contributed by atoms with van der Waals surface area (Å²) in [5.41, 5.74) is 0.710. The van der Waals surface area contributed by atoms with Gasteiger partial charge in [0.1, 0.15) is 30.1 Å². The van der Waals surface area contributed by atoms with Crippen LogP contribution in [0.5, 0.6) is 5.75 Å². The summed E-state index contributed by atoms with van der Waals surface area (Å²) in [4.78, 5) is 0. The van der Waals surface area contributed by atoms with E-state index in [9.17, 15) is 8.78 Å². The van der Waals surface area contributed by atoms with Crippen LogP contribution < -0.4 is 4.74 Å².